The number of anilines is 1. The third-order valence-corrected chi connectivity index (χ3v) is 7.38. The number of nitrogens with one attached hydrogen (secondary N) is 1. The molecule has 1 saturated heterocycles. The molecule has 3 aliphatic rings. The third-order valence-electron chi connectivity index (χ3n) is 6.05. The molecule has 0 bridgehead atoms. The van der Waals surface area contributed by atoms with Crippen LogP contribution in [-0.4, -0.2) is 32.7 Å². The van der Waals surface area contributed by atoms with Crippen LogP contribution in [0.15, 0.2) is 27.5 Å². The molecule has 0 radical (unpaired) electrons. The number of amides is 1. The average molecular weight is 404 g/mol. The largest absolute Gasteiger partial charge is 0.349 e. The minimum Gasteiger partial charge on any atom is -0.349 e. The summed E-state index contributed by atoms with van der Waals surface area (Å²) in [4.78, 5) is 15.0. The van der Waals surface area contributed by atoms with Crippen molar-refractivity contribution < 1.29 is 13.2 Å². The van der Waals surface area contributed by atoms with Crippen molar-refractivity contribution in [1.82, 2.24) is 5.32 Å². The van der Waals surface area contributed by atoms with Crippen molar-refractivity contribution in [2.24, 2.45) is 4.40 Å². The normalized spacial score (nSPS) is 22.7. The predicted octanol–water partition coefficient (Wildman–Crippen LogP) is 4.01. The van der Waals surface area contributed by atoms with Gasteiger partial charge in [-0.15, -0.1) is 4.40 Å². The molecule has 4 rings (SSSR count). The van der Waals surface area contributed by atoms with E-state index in [1.165, 1.54) is 25.3 Å². The first-order valence-corrected chi connectivity index (χ1v) is 12.0. The molecule has 7 heteroatoms. The Bertz CT molecular complexity index is 871. The van der Waals surface area contributed by atoms with Gasteiger partial charge in [-0.2, -0.15) is 8.42 Å². The highest BCUT2D eigenvalue weighted by Crippen LogP contribution is 2.35. The lowest BCUT2D eigenvalue weighted by Crippen LogP contribution is -2.37. The Labute approximate surface area is 167 Å². The fourth-order valence-corrected chi connectivity index (χ4v) is 5.77. The highest BCUT2D eigenvalue weighted by atomic mass is 32.2. The van der Waals surface area contributed by atoms with Gasteiger partial charge in [0.25, 0.3) is 15.9 Å². The van der Waals surface area contributed by atoms with E-state index in [-0.39, 0.29) is 16.8 Å². The molecule has 0 aromatic heterocycles. The molecule has 1 aliphatic carbocycles. The molecule has 2 aliphatic heterocycles. The Morgan fingerprint density at radius 3 is 2.50 bits per heavy atom. The second-order valence-corrected chi connectivity index (χ2v) is 9.72. The number of carbonyl (C=O) groups excluding carboxylic acids is 1. The molecule has 0 unspecified atom stereocenters. The quantitative estimate of drug-likeness (QED) is 0.809. The number of nitrogens with zero attached hydrogens (tertiary/aromatic N) is 2. The molecule has 2 heterocycles. The number of hydrogen-bond donors (Lipinski definition) is 1. The lowest BCUT2D eigenvalue weighted by molar-refractivity contribution is 0.0930. The first-order valence-electron chi connectivity index (χ1n) is 10.6. The highest BCUT2D eigenvalue weighted by Gasteiger charge is 2.32. The number of fused-ring (bicyclic) bond motifs is 3. The summed E-state index contributed by atoms with van der Waals surface area (Å²) in [5.74, 6) is 0.450. The summed E-state index contributed by atoms with van der Waals surface area (Å²) in [6.45, 7) is 0.773. The number of sulfonamides is 1. The molecule has 152 valence electrons. The smallest absolute Gasteiger partial charge is 0.286 e. The lowest BCUT2D eigenvalue weighted by Gasteiger charge is -2.29. The van der Waals surface area contributed by atoms with Crippen LogP contribution in [0.1, 0.15) is 81.0 Å². The first-order chi connectivity index (χ1) is 13.5. The van der Waals surface area contributed by atoms with E-state index in [4.69, 9.17) is 0 Å². The van der Waals surface area contributed by atoms with Crippen LogP contribution >= 0.6 is 0 Å². The van der Waals surface area contributed by atoms with Gasteiger partial charge >= 0.3 is 0 Å². The summed E-state index contributed by atoms with van der Waals surface area (Å²) in [5, 5.41) is 3.12. The van der Waals surface area contributed by atoms with Gasteiger partial charge in [0.2, 0.25) is 0 Å². The van der Waals surface area contributed by atoms with Crippen LogP contribution in [0.25, 0.3) is 0 Å². The molecule has 28 heavy (non-hydrogen) atoms. The Morgan fingerprint density at radius 2 is 1.71 bits per heavy atom. The van der Waals surface area contributed by atoms with E-state index in [0.29, 0.717) is 23.5 Å². The maximum absolute atomic E-state index is 12.8. The molecule has 1 saturated carbocycles. The molecule has 2 fully saturated rings. The Kier molecular flexibility index (Phi) is 5.71. The number of amidine groups is 1. The standard InChI is InChI=1S/C21H29N3O3S/c25-21(22-17-9-5-2-1-3-6-10-17)16-12-13-18-19(15-16)28(26,27)23-20-11-7-4-8-14-24(18)20/h12-13,15,17H,1-11,14H2,(H,22,25). The molecule has 0 atom stereocenters. The molecule has 1 aromatic rings. The predicted molar refractivity (Wildman–Crippen MR) is 110 cm³/mol. The lowest BCUT2D eigenvalue weighted by atomic mass is 9.96. The van der Waals surface area contributed by atoms with Gasteiger partial charge in [0, 0.05) is 24.6 Å². The topological polar surface area (TPSA) is 78.8 Å². The minimum absolute atomic E-state index is 0.156. The van der Waals surface area contributed by atoms with E-state index >= 15 is 0 Å². The van der Waals surface area contributed by atoms with Gasteiger partial charge in [0.15, 0.2) is 0 Å². The minimum atomic E-state index is -3.76. The van der Waals surface area contributed by atoms with E-state index in [9.17, 15) is 13.2 Å². The second-order valence-electron chi connectivity index (χ2n) is 8.14. The Hall–Kier alpha value is -1.89. The van der Waals surface area contributed by atoms with Crippen LogP contribution in [0, 0.1) is 0 Å². The van der Waals surface area contributed by atoms with Crippen LogP contribution in [0.3, 0.4) is 0 Å². The van der Waals surface area contributed by atoms with Gasteiger partial charge in [-0.3, -0.25) is 4.79 Å². The highest BCUT2D eigenvalue weighted by molar-refractivity contribution is 7.90. The van der Waals surface area contributed by atoms with Crippen molar-refractivity contribution in [1.29, 1.82) is 0 Å². The number of carbonyl (C=O) groups is 1. The van der Waals surface area contributed by atoms with E-state index in [1.807, 2.05) is 4.90 Å². The van der Waals surface area contributed by atoms with Gasteiger partial charge in [0.1, 0.15) is 10.7 Å². The van der Waals surface area contributed by atoms with Crippen LogP contribution in [0.5, 0.6) is 0 Å². The summed E-state index contributed by atoms with van der Waals surface area (Å²) in [5.41, 5.74) is 1.06. The summed E-state index contributed by atoms with van der Waals surface area (Å²) in [6.07, 6.45) is 11.7. The maximum Gasteiger partial charge on any atom is 0.286 e. The van der Waals surface area contributed by atoms with Crippen molar-refractivity contribution in [3.8, 4) is 0 Å². The SMILES string of the molecule is O=C(NC1CCCCCCC1)c1ccc2c(c1)S(=O)(=O)N=C1CCCCCN12. The fourth-order valence-electron chi connectivity index (χ4n) is 4.49. The zero-order valence-corrected chi connectivity index (χ0v) is 17.1. The summed E-state index contributed by atoms with van der Waals surface area (Å²) >= 11 is 0. The van der Waals surface area contributed by atoms with Gasteiger partial charge < -0.3 is 10.2 Å². The molecule has 1 amide bonds. The van der Waals surface area contributed by atoms with Crippen molar-refractivity contribution >= 4 is 27.5 Å². The van der Waals surface area contributed by atoms with E-state index < -0.39 is 10.0 Å². The molecule has 6 nitrogen and oxygen atoms in total. The molecule has 1 N–H and O–H groups in total. The van der Waals surface area contributed by atoms with Crippen molar-refractivity contribution in [2.45, 2.75) is 81.6 Å². The molecule has 1 aromatic carbocycles. The van der Waals surface area contributed by atoms with Crippen molar-refractivity contribution in [3.05, 3.63) is 23.8 Å². The van der Waals surface area contributed by atoms with Crippen LogP contribution in [0.2, 0.25) is 0 Å². The van der Waals surface area contributed by atoms with Crippen molar-refractivity contribution in [3.63, 3.8) is 0 Å². The molecule has 0 spiro atoms. The van der Waals surface area contributed by atoms with Gasteiger partial charge in [-0.05, 0) is 43.9 Å². The zero-order valence-electron chi connectivity index (χ0n) is 16.3. The first kappa shape index (κ1) is 19.4. The van der Waals surface area contributed by atoms with E-state index in [1.54, 1.807) is 12.1 Å². The van der Waals surface area contributed by atoms with Gasteiger partial charge in [-0.1, -0.05) is 38.5 Å². The van der Waals surface area contributed by atoms with Gasteiger partial charge in [0.05, 0.1) is 5.69 Å². The van der Waals surface area contributed by atoms with E-state index in [0.717, 1.165) is 51.5 Å². The van der Waals surface area contributed by atoms with Crippen molar-refractivity contribution in [2.75, 3.05) is 11.4 Å². The summed E-state index contributed by atoms with van der Waals surface area (Å²) < 4.78 is 29.5. The fraction of sp³-hybridized carbons (Fsp3) is 0.619. The van der Waals surface area contributed by atoms with Crippen LogP contribution < -0.4 is 10.2 Å². The number of hydrogen-bond acceptors (Lipinski definition) is 4. The Morgan fingerprint density at radius 1 is 1.00 bits per heavy atom. The summed E-state index contributed by atoms with van der Waals surface area (Å²) in [6, 6.07) is 5.21. The molecular formula is C21H29N3O3S. The van der Waals surface area contributed by atoms with Gasteiger partial charge in [-0.25, -0.2) is 0 Å². The molecular weight excluding hydrogens is 374 g/mol. The zero-order chi connectivity index (χ0) is 19.6. The van der Waals surface area contributed by atoms with E-state index in [2.05, 4.69) is 9.71 Å². The maximum atomic E-state index is 12.8. The van der Waals surface area contributed by atoms with Crippen LogP contribution in [0.4, 0.5) is 5.69 Å². The Balaban J connectivity index is 1.58. The second kappa shape index (κ2) is 8.23. The van der Waals surface area contributed by atoms with Crippen LogP contribution in [-0.2, 0) is 10.0 Å². The number of benzene rings is 1. The average Bonchev–Trinajstić information content (AvgIpc) is 2.88. The third kappa shape index (κ3) is 4.09. The summed E-state index contributed by atoms with van der Waals surface area (Å²) in [7, 11) is -3.76. The monoisotopic (exact) mass is 403 g/mol. The number of rotatable bonds is 2.